The summed E-state index contributed by atoms with van der Waals surface area (Å²) in [6, 6.07) is 10.8. The van der Waals surface area contributed by atoms with E-state index in [9.17, 15) is 19.8 Å². The minimum atomic E-state index is -0.888. The third-order valence-corrected chi connectivity index (χ3v) is 11.4. The number of nitrogens with one attached hydrogen (secondary N) is 2. The van der Waals surface area contributed by atoms with Crippen LogP contribution in [0.3, 0.4) is 0 Å². The molecule has 4 aliphatic rings. The Kier molecular flexibility index (Phi) is 10.8. The van der Waals surface area contributed by atoms with Gasteiger partial charge in [-0.2, -0.15) is 5.06 Å². The number of hydrogen-bond donors (Lipinski definition) is 4. The van der Waals surface area contributed by atoms with E-state index in [-0.39, 0.29) is 31.0 Å². The lowest BCUT2D eigenvalue weighted by Gasteiger charge is -2.62. The van der Waals surface area contributed by atoms with Crippen LogP contribution in [0, 0.1) is 35.0 Å². The van der Waals surface area contributed by atoms with E-state index < -0.39 is 24.2 Å². The molecule has 6 rings (SSSR count). The maximum absolute atomic E-state index is 14.2. The smallest absolute Gasteiger partial charge is 0.251 e. The average molecular weight is 665 g/mol. The Morgan fingerprint density at radius 3 is 2.46 bits per heavy atom. The summed E-state index contributed by atoms with van der Waals surface area (Å²) in [6.45, 7) is 13.1. The number of aliphatic hydroxyl groups excluding tert-OH is 2. The molecule has 1 aliphatic heterocycles. The zero-order valence-electron chi connectivity index (χ0n) is 30.1. The normalized spacial score (nSPS) is 28.5. The van der Waals surface area contributed by atoms with E-state index in [1.165, 1.54) is 6.42 Å². The van der Waals surface area contributed by atoms with Gasteiger partial charge in [0.1, 0.15) is 17.9 Å². The maximum Gasteiger partial charge on any atom is 0.251 e. The number of fused-ring (bicyclic) bond motifs is 2. The number of ether oxygens (including phenoxy) is 1. The van der Waals surface area contributed by atoms with E-state index in [1.54, 1.807) is 19.1 Å². The van der Waals surface area contributed by atoms with Crippen molar-refractivity contribution in [1.82, 2.24) is 15.7 Å². The maximum atomic E-state index is 14.2. The van der Waals surface area contributed by atoms with Crippen LogP contribution < -0.4 is 20.3 Å². The number of anilines is 1. The zero-order valence-corrected chi connectivity index (χ0v) is 30.1. The zero-order chi connectivity index (χ0) is 35.1. The number of rotatable bonds is 12. The fourth-order valence-corrected chi connectivity index (χ4v) is 8.38. The first-order valence-electron chi connectivity index (χ1n) is 17.5. The number of hydroxylamine groups is 2. The first kappa shape index (κ1) is 36.1. The molecule has 264 valence electrons. The Bertz CT molecular complexity index is 1480. The fraction of sp³-hybridized carbons (Fsp3) is 0.632. The number of carbonyl (C=O) groups is 2. The van der Waals surface area contributed by atoms with Crippen LogP contribution in [0.4, 0.5) is 5.69 Å². The second kappa shape index (κ2) is 14.4. The Morgan fingerprint density at radius 1 is 1.15 bits per heavy atom. The summed E-state index contributed by atoms with van der Waals surface area (Å²) in [5, 5.41) is 29.1. The molecule has 2 amide bonds. The molecule has 4 N–H and O–H groups in total. The van der Waals surface area contributed by atoms with Crippen molar-refractivity contribution >= 4 is 17.5 Å². The van der Waals surface area contributed by atoms with Crippen LogP contribution in [0.15, 0.2) is 36.4 Å². The van der Waals surface area contributed by atoms with Gasteiger partial charge in [-0.1, -0.05) is 52.8 Å². The summed E-state index contributed by atoms with van der Waals surface area (Å²) < 4.78 is 6.02. The monoisotopic (exact) mass is 664 g/mol. The summed E-state index contributed by atoms with van der Waals surface area (Å²) in [5.41, 5.74) is 4.09. The third-order valence-electron chi connectivity index (χ3n) is 11.4. The van der Waals surface area contributed by atoms with Gasteiger partial charge in [-0.05, 0) is 72.6 Å². The number of nitrogens with zero attached hydrogens (tertiary/aromatic N) is 2. The molecule has 1 heterocycles. The minimum Gasteiger partial charge on any atom is -0.496 e. The second-order valence-electron chi connectivity index (χ2n) is 15.5. The van der Waals surface area contributed by atoms with Gasteiger partial charge in [0.05, 0.1) is 26.4 Å². The van der Waals surface area contributed by atoms with Crippen LogP contribution in [0.2, 0.25) is 0 Å². The predicted molar refractivity (Wildman–Crippen MR) is 187 cm³/mol. The number of hydrogen-bond acceptors (Lipinski definition) is 8. The molecule has 3 aliphatic carbocycles. The van der Waals surface area contributed by atoms with Crippen LogP contribution in [0.1, 0.15) is 70.3 Å². The highest BCUT2D eigenvalue weighted by Gasteiger charge is 2.57. The van der Waals surface area contributed by atoms with Gasteiger partial charge in [0.2, 0.25) is 5.91 Å². The van der Waals surface area contributed by atoms with Crippen molar-refractivity contribution in [2.24, 2.45) is 35.0 Å². The Morgan fingerprint density at radius 2 is 1.88 bits per heavy atom. The number of methoxy groups -OCH3 is 1. The van der Waals surface area contributed by atoms with Gasteiger partial charge < -0.3 is 30.5 Å². The third kappa shape index (κ3) is 6.95. The Hall–Kier alpha value is -3.18. The molecule has 2 aromatic rings. The van der Waals surface area contributed by atoms with Gasteiger partial charge in [0, 0.05) is 55.0 Å². The molecule has 4 fully saturated rings. The molecular formula is C38H56N4O6. The van der Waals surface area contributed by atoms with Crippen molar-refractivity contribution in [2.45, 2.75) is 85.2 Å². The number of amides is 2. The van der Waals surface area contributed by atoms with Crippen LogP contribution in [0.25, 0.3) is 11.1 Å². The van der Waals surface area contributed by atoms with Crippen molar-refractivity contribution in [3.05, 3.63) is 47.5 Å². The molecule has 0 aromatic heterocycles. The lowest BCUT2D eigenvalue weighted by atomic mass is 9.45. The van der Waals surface area contributed by atoms with Gasteiger partial charge in [-0.3, -0.25) is 14.4 Å². The molecule has 2 aromatic carbocycles. The predicted octanol–water partition coefficient (Wildman–Crippen LogP) is 4.47. The van der Waals surface area contributed by atoms with Gasteiger partial charge in [-0.15, -0.1) is 0 Å². The van der Waals surface area contributed by atoms with E-state index in [0.29, 0.717) is 46.9 Å². The topological polar surface area (TPSA) is 124 Å². The Balaban J connectivity index is 1.45. The first-order valence-corrected chi connectivity index (χ1v) is 17.5. The van der Waals surface area contributed by atoms with Gasteiger partial charge in [0.15, 0.2) is 0 Å². The minimum absolute atomic E-state index is 0.0488. The molecule has 1 saturated heterocycles. The summed E-state index contributed by atoms with van der Waals surface area (Å²) in [7, 11) is 5.48. The van der Waals surface area contributed by atoms with Gasteiger partial charge in [-0.25, -0.2) is 0 Å². The number of aliphatic hydroxyl groups is 2. The van der Waals surface area contributed by atoms with Gasteiger partial charge in [0.25, 0.3) is 5.91 Å². The molecular weight excluding hydrogens is 608 g/mol. The number of para-hydroxylation sites is 1. The van der Waals surface area contributed by atoms with Crippen LogP contribution in [0.5, 0.6) is 5.75 Å². The van der Waals surface area contributed by atoms with E-state index in [1.807, 2.05) is 55.4 Å². The van der Waals surface area contributed by atoms with Crippen molar-refractivity contribution in [2.75, 3.05) is 39.3 Å². The fourth-order valence-electron chi connectivity index (χ4n) is 8.38. The number of carbonyl (C=O) groups excluding carboxylic acids is 2. The van der Waals surface area contributed by atoms with Gasteiger partial charge >= 0.3 is 0 Å². The molecule has 8 atom stereocenters. The molecule has 2 bridgehead atoms. The highest BCUT2D eigenvalue weighted by atomic mass is 16.7. The molecule has 0 unspecified atom stereocenters. The second-order valence-corrected chi connectivity index (χ2v) is 15.5. The molecule has 0 radical (unpaired) electrons. The van der Waals surface area contributed by atoms with Crippen molar-refractivity contribution < 1.29 is 29.4 Å². The molecule has 0 spiro atoms. The standard InChI is InChI=1S/C38H56N4O6/c1-21(2)18-39-36(45)26-13-25(14-28(15-26)41(7)8)29-12-10-11-24(35(29)47-9)19-42-34(33(23(4)44)32(20-43)48-42)37(46)40-31-17-27-16-30(22(31)3)38(27,5)6/h10-15,21-23,27,30-34,43-44H,16-20H2,1-9H3,(H,39,45)(H,40,46)/t22-,23-,27-,30+,31-,32-,33-,34-/m0/s1. The van der Waals surface area contributed by atoms with E-state index >= 15 is 0 Å². The first-order chi connectivity index (χ1) is 22.7. The molecule has 3 saturated carbocycles. The largest absolute Gasteiger partial charge is 0.496 e. The van der Waals surface area contributed by atoms with Crippen LogP contribution >= 0.6 is 0 Å². The van der Waals surface area contributed by atoms with Crippen molar-refractivity contribution in [3.8, 4) is 16.9 Å². The summed E-state index contributed by atoms with van der Waals surface area (Å²) in [4.78, 5) is 35.5. The van der Waals surface area contributed by atoms with Crippen molar-refractivity contribution in [3.63, 3.8) is 0 Å². The molecule has 10 heteroatoms. The number of benzene rings is 2. The highest BCUT2D eigenvalue weighted by Crippen LogP contribution is 2.61. The molecule has 48 heavy (non-hydrogen) atoms. The highest BCUT2D eigenvalue weighted by molar-refractivity contribution is 5.97. The van der Waals surface area contributed by atoms with E-state index in [4.69, 9.17) is 9.57 Å². The van der Waals surface area contributed by atoms with Crippen LogP contribution in [-0.4, -0.2) is 85.7 Å². The quantitative estimate of drug-likeness (QED) is 0.262. The SMILES string of the molecule is COc1c(CN2O[C@@H](CO)[C@H]([C@H](C)O)[C@H]2C(=O)N[C@H]2C[C@@H]3C[C@H]([C@@H]2C)C3(C)C)cccc1-c1cc(C(=O)NCC(C)C)cc(N(C)C)c1. The van der Waals surface area contributed by atoms with E-state index in [0.717, 1.165) is 28.8 Å². The summed E-state index contributed by atoms with van der Waals surface area (Å²) >= 11 is 0. The summed E-state index contributed by atoms with van der Waals surface area (Å²) in [5.74, 6) is 1.44. The van der Waals surface area contributed by atoms with Crippen molar-refractivity contribution in [1.29, 1.82) is 0 Å². The lowest BCUT2D eigenvalue weighted by Crippen LogP contribution is -2.62. The van der Waals surface area contributed by atoms with Crippen LogP contribution in [-0.2, 0) is 16.2 Å². The van der Waals surface area contributed by atoms with E-state index in [2.05, 4.69) is 45.3 Å². The Labute approximate surface area is 286 Å². The summed E-state index contributed by atoms with van der Waals surface area (Å²) in [6.07, 6.45) is 0.516. The average Bonchev–Trinajstić information content (AvgIpc) is 3.42. The molecule has 10 nitrogen and oxygen atoms in total. The lowest BCUT2D eigenvalue weighted by molar-refractivity contribution is -0.183.